The van der Waals surface area contributed by atoms with Crippen LogP contribution in [0, 0.1) is 0 Å². The summed E-state index contributed by atoms with van der Waals surface area (Å²) in [6.07, 6.45) is 0.229. The minimum absolute atomic E-state index is 0. The lowest BCUT2D eigenvalue weighted by atomic mass is 10.1. The summed E-state index contributed by atoms with van der Waals surface area (Å²) in [5, 5.41) is 6.88. The van der Waals surface area contributed by atoms with E-state index in [0.717, 1.165) is 51.9 Å². The smallest absolute Gasteiger partial charge is 0.191 e. The normalized spacial score (nSPS) is 14.7. The van der Waals surface area contributed by atoms with Gasteiger partial charge in [-0.3, -0.25) is 4.90 Å². The number of rotatable bonds is 10. The number of halogens is 1. The van der Waals surface area contributed by atoms with Crippen LogP contribution in [0.15, 0.2) is 53.5 Å². The van der Waals surface area contributed by atoms with Crippen molar-refractivity contribution in [1.29, 1.82) is 0 Å². The van der Waals surface area contributed by atoms with Crippen LogP contribution in [0.25, 0.3) is 0 Å². The van der Waals surface area contributed by atoms with Crippen LogP contribution in [0.1, 0.15) is 43.0 Å². The number of aliphatic imine (C=N–C) groups is 1. The zero-order valence-electron chi connectivity index (χ0n) is 20.2. The predicted octanol–water partition coefficient (Wildman–Crippen LogP) is 4.32. The molecule has 1 heterocycles. The minimum Gasteiger partial charge on any atom is -0.379 e. The molecule has 0 unspecified atom stereocenters. The summed E-state index contributed by atoms with van der Waals surface area (Å²) < 4.78 is 11.2. The molecule has 0 saturated carbocycles. The second-order valence-electron chi connectivity index (χ2n) is 8.39. The third-order valence-electron chi connectivity index (χ3n) is 5.40. The van der Waals surface area contributed by atoms with Gasteiger partial charge in [0, 0.05) is 32.7 Å². The molecule has 3 rings (SSSR count). The van der Waals surface area contributed by atoms with Crippen molar-refractivity contribution in [3.63, 3.8) is 0 Å². The zero-order chi connectivity index (χ0) is 22.6. The van der Waals surface area contributed by atoms with Crippen molar-refractivity contribution in [2.75, 3.05) is 32.8 Å². The van der Waals surface area contributed by atoms with Gasteiger partial charge in [0.25, 0.3) is 0 Å². The molecular weight excluding hydrogens is 527 g/mol. The van der Waals surface area contributed by atoms with Crippen LogP contribution < -0.4 is 10.6 Å². The van der Waals surface area contributed by atoms with Crippen LogP contribution in [-0.4, -0.2) is 49.8 Å². The number of ether oxygens (including phenoxy) is 2. The van der Waals surface area contributed by atoms with Crippen LogP contribution in [0.5, 0.6) is 0 Å². The monoisotopic (exact) mass is 566 g/mol. The quantitative estimate of drug-likeness (QED) is 0.255. The fourth-order valence-electron chi connectivity index (χ4n) is 3.66. The lowest BCUT2D eigenvalue weighted by Crippen LogP contribution is -2.38. The van der Waals surface area contributed by atoms with Crippen molar-refractivity contribution in [2.45, 2.75) is 53.1 Å². The molecule has 0 atom stereocenters. The Balaban J connectivity index is 0.00000385. The summed E-state index contributed by atoms with van der Waals surface area (Å²) in [6, 6.07) is 17.1. The van der Waals surface area contributed by atoms with Gasteiger partial charge in [0.2, 0.25) is 0 Å². The number of nitrogens with one attached hydrogen (secondary N) is 2. The maximum atomic E-state index is 5.73. The van der Waals surface area contributed by atoms with E-state index in [-0.39, 0.29) is 30.1 Å². The number of guanidine groups is 1. The number of hydrogen-bond donors (Lipinski definition) is 2. The third-order valence-corrected chi connectivity index (χ3v) is 5.40. The second kappa shape index (κ2) is 15.3. The van der Waals surface area contributed by atoms with Crippen LogP contribution in [0.3, 0.4) is 0 Å². The Morgan fingerprint density at radius 3 is 2.48 bits per heavy atom. The number of benzene rings is 2. The Morgan fingerprint density at radius 1 is 1.03 bits per heavy atom. The van der Waals surface area contributed by atoms with E-state index in [1.165, 1.54) is 22.3 Å². The molecule has 2 N–H and O–H groups in total. The Morgan fingerprint density at radius 2 is 1.76 bits per heavy atom. The molecule has 2 aromatic rings. The highest BCUT2D eigenvalue weighted by molar-refractivity contribution is 14.0. The largest absolute Gasteiger partial charge is 0.379 e. The van der Waals surface area contributed by atoms with Gasteiger partial charge in [-0.2, -0.15) is 0 Å². The first-order chi connectivity index (χ1) is 15.6. The van der Waals surface area contributed by atoms with Gasteiger partial charge < -0.3 is 20.1 Å². The SMILES string of the molecule is CCNC(=NCc1cccc(COC(C)C)c1)NCc1ccccc1CN1CCOCC1.I. The summed E-state index contributed by atoms with van der Waals surface area (Å²) in [5.41, 5.74) is 5.02. The summed E-state index contributed by atoms with van der Waals surface area (Å²) >= 11 is 0. The Hall–Kier alpha value is -1.68. The highest BCUT2D eigenvalue weighted by Crippen LogP contribution is 2.13. The molecule has 0 radical (unpaired) electrons. The molecule has 6 nitrogen and oxygen atoms in total. The number of nitrogens with zero attached hydrogens (tertiary/aromatic N) is 2. The number of morpholine rings is 1. The molecule has 7 heteroatoms. The summed E-state index contributed by atoms with van der Waals surface area (Å²) in [6.45, 7) is 13.6. The first-order valence-corrected chi connectivity index (χ1v) is 11.7. The first-order valence-electron chi connectivity index (χ1n) is 11.7. The Kier molecular flexibility index (Phi) is 12.8. The average Bonchev–Trinajstić information content (AvgIpc) is 2.81. The van der Waals surface area contributed by atoms with Gasteiger partial charge in [0.15, 0.2) is 5.96 Å². The van der Waals surface area contributed by atoms with Gasteiger partial charge >= 0.3 is 0 Å². The lowest BCUT2D eigenvalue weighted by Gasteiger charge is -2.27. The maximum Gasteiger partial charge on any atom is 0.191 e. The van der Waals surface area contributed by atoms with Crippen molar-refractivity contribution in [3.05, 3.63) is 70.8 Å². The third kappa shape index (κ3) is 10.00. The molecule has 2 aromatic carbocycles. The summed E-state index contributed by atoms with van der Waals surface area (Å²) in [5.74, 6) is 0.831. The molecule has 0 aliphatic carbocycles. The molecule has 0 bridgehead atoms. The zero-order valence-corrected chi connectivity index (χ0v) is 22.5. The molecule has 0 spiro atoms. The molecular formula is C26H39IN4O2. The molecule has 182 valence electrons. The topological polar surface area (TPSA) is 58.1 Å². The van der Waals surface area contributed by atoms with E-state index in [0.29, 0.717) is 13.2 Å². The Labute approximate surface area is 216 Å². The fraction of sp³-hybridized carbons (Fsp3) is 0.500. The standard InChI is InChI=1S/C26H38N4O2.HI/c1-4-27-26(28-17-22-8-7-9-23(16-22)20-32-21(2)3)29-18-24-10-5-6-11-25(24)19-30-12-14-31-15-13-30;/h5-11,16,21H,4,12-15,17-20H2,1-3H3,(H2,27,28,29);1H. The Bertz CT molecular complexity index is 854. The minimum atomic E-state index is 0. The average molecular weight is 567 g/mol. The maximum absolute atomic E-state index is 5.73. The van der Waals surface area contributed by atoms with Gasteiger partial charge in [0.05, 0.1) is 32.5 Å². The molecule has 1 fully saturated rings. The lowest BCUT2D eigenvalue weighted by molar-refractivity contribution is 0.0341. The van der Waals surface area contributed by atoms with Gasteiger partial charge in [0.1, 0.15) is 0 Å². The molecule has 0 aromatic heterocycles. The van der Waals surface area contributed by atoms with Crippen molar-refractivity contribution >= 4 is 29.9 Å². The van der Waals surface area contributed by atoms with Crippen molar-refractivity contribution in [3.8, 4) is 0 Å². The molecule has 1 aliphatic heterocycles. The molecule has 33 heavy (non-hydrogen) atoms. The van der Waals surface area contributed by atoms with Gasteiger partial charge in [-0.15, -0.1) is 24.0 Å². The van der Waals surface area contributed by atoms with E-state index >= 15 is 0 Å². The van der Waals surface area contributed by atoms with Crippen LogP contribution in [0.4, 0.5) is 0 Å². The highest BCUT2D eigenvalue weighted by Gasteiger charge is 2.12. The highest BCUT2D eigenvalue weighted by atomic mass is 127. The van der Waals surface area contributed by atoms with E-state index in [9.17, 15) is 0 Å². The van der Waals surface area contributed by atoms with Crippen molar-refractivity contribution in [2.24, 2.45) is 4.99 Å². The fourth-order valence-corrected chi connectivity index (χ4v) is 3.66. The molecule has 1 saturated heterocycles. The molecule has 1 aliphatic rings. The van der Waals surface area contributed by atoms with E-state index in [4.69, 9.17) is 14.5 Å². The van der Waals surface area contributed by atoms with E-state index in [1.807, 2.05) is 0 Å². The molecule has 0 amide bonds. The van der Waals surface area contributed by atoms with E-state index in [2.05, 4.69) is 84.8 Å². The summed E-state index contributed by atoms with van der Waals surface area (Å²) in [7, 11) is 0. The predicted molar refractivity (Wildman–Crippen MR) is 146 cm³/mol. The van der Waals surface area contributed by atoms with Crippen LogP contribution in [0.2, 0.25) is 0 Å². The first kappa shape index (κ1) is 27.6. The van der Waals surface area contributed by atoms with Gasteiger partial charge in [-0.25, -0.2) is 4.99 Å². The van der Waals surface area contributed by atoms with Crippen molar-refractivity contribution < 1.29 is 9.47 Å². The summed E-state index contributed by atoms with van der Waals surface area (Å²) in [4.78, 5) is 7.26. The van der Waals surface area contributed by atoms with Gasteiger partial charge in [-0.05, 0) is 43.0 Å². The van der Waals surface area contributed by atoms with E-state index < -0.39 is 0 Å². The van der Waals surface area contributed by atoms with Gasteiger partial charge in [-0.1, -0.05) is 48.5 Å². The van der Waals surface area contributed by atoms with Crippen LogP contribution >= 0.6 is 24.0 Å². The second-order valence-corrected chi connectivity index (χ2v) is 8.39. The van der Waals surface area contributed by atoms with Crippen molar-refractivity contribution in [1.82, 2.24) is 15.5 Å². The number of hydrogen-bond acceptors (Lipinski definition) is 4. The van der Waals surface area contributed by atoms with Crippen LogP contribution in [-0.2, 0) is 35.7 Å². The van der Waals surface area contributed by atoms with E-state index in [1.54, 1.807) is 0 Å².